The number of amides is 1. The van der Waals surface area contributed by atoms with E-state index in [0.717, 1.165) is 6.42 Å². The molecule has 100 valence electrons. The molecule has 1 aromatic rings. The largest absolute Gasteiger partial charge is 0.351 e. The molecule has 1 aromatic carbocycles. The number of rotatable bonds is 5. The molecule has 1 unspecified atom stereocenters. The molecule has 1 amide bonds. The second-order valence-electron chi connectivity index (χ2n) is 4.56. The quantitative estimate of drug-likeness (QED) is 0.764. The number of nitrogens with one attached hydrogen (secondary N) is 1. The summed E-state index contributed by atoms with van der Waals surface area (Å²) in [6, 6.07) is 4.41. The van der Waals surface area contributed by atoms with E-state index in [0.29, 0.717) is 16.9 Å². The number of carbonyl (C=O) groups is 1. The maximum absolute atomic E-state index is 13.5. The monoisotopic (exact) mass is 379 g/mol. The topological polar surface area (TPSA) is 29.1 Å². The van der Waals surface area contributed by atoms with Crippen LogP contribution in [0.1, 0.15) is 30.6 Å². The van der Waals surface area contributed by atoms with Gasteiger partial charge in [-0.15, -0.1) is 0 Å². The van der Waals surface area contributed by atoms with Crippen LogP contribution in [0, 0.1) is 11.7 Å². The average Bonchev–Trinajstić information content (AvgIpc) is 2.25. The van der Waals surface area contributed by atoms with Gasteiger partial charge < -0.3 is 5.32 Å². The molecule has 2 nitrogen and oxygen atoms in total. The fourth-order valence-electron chi connectivity index (χ4n) is 1.57. The van der Waals surface area contributed by atoms with Crippen LogP contribution in [0.5, 0.6) is 0 Å². The number of benzene rings is 1. The maximum Gasteiger partial charge on any atom is 0.254 e. The smallest absolute Gasteiger partial charge is 0.254 e. The van der Waals surface area contributed by atoms with E-state index in [2.05, 4.69) is 51.0 Å². The minimum atomic E-state index is -0.517. The Hall–Kier alpha value is -0.420. The molecule has 0 heterocycles. The number of carbonyl (C=O) groups excluding carboxylic acids is 1. The first kappa shape index (κ1) is 15.6. The average molecular weight is 381 g/mol. The highest BCUT2D eigenvalue weighted by Crippen LogP contribution is 2.16. The van der Waals surface area contributed by atoms with Crippen molar-refractivity contribution in [2.45, 2.75) is 25.1 Å². The Morgan fingerprint density at radius 1 is 1.44 bits per heavy atom. The molecule has 0 aliphatic rings. The van der Waals surface area contributed by atoms with Crippen molar-refractivity contribution in [2.24, 2.45) is 5.92 Å². The summed E-state index contributed by atoms with van der Waals surface area (Å²) < 4.78 is 14.2. The van der Waals surface area contributed by atoms with Gasteiger partial charge >= 0.3 is 0 Å². The van der Waals surface area contributed by atoms with Gasteiger partial charge in [0.2, 0.25) is 0 Å². The molecular formula is C13H16Br2FNO. The normalized spacial score (nSPS) is 12.6. The molecule has 0 aliphatic heterocycles. The molecule has 5 heteroatoms. The maximum atomic E-state index is 13.5. The summed E-state index contributed by atoms with van der Waals surface area (Å²) in [5.74, 6) is -0.347. The summed E-state index contributed by atoms with van der Waals surface area (Å²) in [6.07, 6.45) is 0.961. The van der Waals surface area contributed by atoms with Crippen LogP contribution in [-0.2, 0) is 0 Å². The lowest BCUT2D eigenvalue weighted by atomic mass is 10.1. The van der Waals surface area contributed by atoms with Crippen molar-refractivity contribution >= 4 is 37.8 Å². The fraction of sp³-hybridized carbons (Fsp3) is 0.462. The Bertz CT molecular complexity index is 423. The molecule has 1 atom stereocenters. The van der Waals surface area contributed by atoms with E-state index in [1.165, 1.54) is 12.1 Å². The molecule has 0 spiro atoms. The van der Waals surface area contributed by atoms with Crippen molar-refractivity contribution in [2.75, 3.05) is 6.54 Å². The van der Waals surface area contributed by atoms with Crippen LogP contribution in [0.2, 0.25) is 0 Å². The van der Waals surface area contributed by atoms with Gasteiger partial charge in [-0.1, -0.05) is 45.7 Å². The third-order valence-electron chi connectivity index (χ3n) is 2.39. The van der Waals surface area contributed by atoms with E-state index in [-0.39, 0.29) is 16.3 Å². The van der Waals surface area contributed by atoms with E-state index >= 15 is 0 Å². The second kappa shape index (κ2) is 7.24. The van der Waals surface area contributed by atoms with Crippen LogP contribution in [0.4, 0.5) is 4.39 Å². The lowest BCUT2D eigenvalue weighted by Crippen LogP contribution is -2.30. The third-order valence-corrected chi connectivity index (χ3v) is 3.58. The van der Waals surface area contributed by atoms with Crippen molar-refractivity contribution in [3.63, 3.8) is 0 Å². The number of hydrogen-bond acceptors (Lipinski definition) is 1. The molecule has 0 aromatic heterocycles. The molecule has 0 saturated carbocycles. The third kappa shape index (κ3) is 5.06. The summed E-state index contributed by atoms with van der Waals surface area (Å²) >= 11 is 6.65. The first-order valence-electron chi connectivity index (χ1n) is 5.77. The standard InChI is InChI=1S/C13H16Br2FNO/c1-8(2)5-10(15)7-17-13(18)11-4-3-9(14)6-12(11)16/h3-4,6,8,10H,5,7H2,1-2H3,(H,17,18). The van der Waals surface area contributed by atoms with Gasteiger partial charge in [-0.05, 0) is 30.5 Å². The summed E-state index contributed by atoms with van der Waals surface area (Å²) in [7, 11) is 0. The van der Waals surface area contributed by atoms with Crippen LogP contribution in [0.15, 0.2) is 22.7 Å². The van der Waals surface area contributed by atoms with E-state index in [4.69, 9.17) is 0 Å². The van der Waals surface area contributed by atoms with Crippen LogP contribution >= 0.6 is 31.9 Å². The van der Waals surface area contributed by atoms with Crippen molar-refractivity contribution in [3.8, 4) is 0 Å². The van der Waals surface area contributed by atoms with Crippen molar-refractivity contribution < 1.29 is 9.18 Å². The highest BCUT2D eigenvalue weighted by atomic mass is 79.9. The summed E-state index contributed by atoms with van der Waals surface area (Å²) in [4.78, 5) is 12.0. The molecule has 1 rings (SSSR count). The molecule has 0 radical (unpaired) electrons. The Kier molecular flexibility index (Phi) is 6.29. The fourth-order valence-corrected chi connectivity index (χ4v) is 2.81. The minimum absolute atomic E-state index is 0.0717. The zero-order valence-electron chi connectivity index (χ0n) is 10.3. The molecule has 0 saturated heterocycles. The van der Waals surface area contributed by atoms with E-state index in [9.17, 15) is 9.18 Å². The van der Waals surface area contributed by atoms with Gasteiger partial charge in [-0.2, -0.15) is 0 Å². The zero-order valence-corrected chi connectivity index (χ0v) is 13.5. The predicted molar refractivity (Wildman–Crippen MR) is 78.6 cm³/mol. The molecule has 0 fully saturated rings. The SMILES string of the molecule is CC(C)CC(Br)CNC(=O)c1ccc(Br)cc1F. The Labute approximate surface area is 124 Å². The molecule has 1 N–H and O–H groups in total. The van der Waals surface area contributed by atoms with Gasteiger partial charge in [-0.25, -0.2) is 4.39 Å². The second-order valence-corrected chi connectivity index (χ2v) is 6.77. The van der Waals surface area contributed by atoms with Gasteiger partial charge in [0.05, 0.1) is 5.56 Å². The Morgan fingerprint density at radius 2 is 2.11 bits per heavy atom. The Balaban J connectivity index is 2.55. The highest BCUT2D eigenvalue weighted by molar-refractivity contribution is 9.10. The number of hydrogen-bond donors (Lipinski definition) is 1. The van der Waals surface area contributed by atoms with Gasteiger partial charge in [0.1, 0.15) is 5.82 Å². The first-order valence-corrected chi connectivity index (χ1v) is 7.48. The van der Waals surface area contributed by atoms with E-state index in [1.54, 1.807) is 6.07 Å². The lowest BCUT2D eigenvalue weighted by Gasteiger charge is -2.13. The van der Waals surface area contributed by atoms with Gasteiger partial charge in [-0.3, -0.25) is 4.79 Å². The van der Waals surface area contributed by atoms with Crippen molar-refractivity contribution in [1.29, 1.82) is 0 Å². The van der Waals surface area contributed by atoms with Crippen LogP contribution in [0.3, 0.4) is 0 Å². The molecular weight excluding hydrogens is 365 g/mol. The summed E-state index contributed by atoms with van der Waals surface area (Å²) in [6.45, 7) is 4.72. The molecule has 18 heavy (non-hydrogen) atoms. The molecule has 0 bridgehead atoms. The molecule has 0 aliphatic carbocycles. The lowest BCUT2D eigenvalue weighted by molar-refractivity contribution is 0.0949. The zero-order chi connectivity index (χ0) is 13.7. The highest BCUT2D eigenvalue weighted by Gasteiger charge is 2.13. The summed E-state index contributed by atoms with van der Waals surface area (Å²) in [5.41, 5.74) is 0.0717. The minimum Gasteiger partial charge on any atom is -0.351 e. The van der Waals surface area contributed by atoms with Gasteiger partial charge in [0, 0.05) is 15.8 Å². The van der Waals surface area contributed by atoms with Crippen molar-refractivity contribution in [3.05, 3.63) is 34.1 Å². The predicted octanol–water partition coefficient (Wildman–Crippen LogP) is 4.13. The number of halogens is 3. The van der Waals surface area contributed by atoms with Crippen LogP contribution in [-0.4, -0.2) is 17.3 Å². The van der Waals surface area contributed by atoms with Gasteiger partial charge in [0.15, 0.2) is 0 Å². The number of alkyl halides is 1. The first-order chi connectivity index (χ1) is 8.40. The summed E-state index contributed by atoms with van der Waals surface area (Å²) in [5, 5.41) is 2.72. The van der Waals surface area contributed by atoms with Crippen molar-refractivity contribution in [1.82, 2.24) is 5.32 Å². The van der Waals surface area contributed by atoms with Gasteiger partial charge in [0.25, 0.3) is 5.91 Å². The van der Waals surface area contributed by atoms with Crippen LogP contribution in [0.25, 0.3) is 0 Å². The van der Waals surface area contributed by atoms with Crippen LogP contribution < -0.4 is 5.32 Å². The van der Waals surface area contributed by atoms with E-state index < -0.39 is 5.82 Å². The van der Waals surface area contributed by atoms with E-state index in [1.807, 2.05) is 0 Å². The Morgan fingerprint density at radius 3 is 2.67 bits per heavy atom.